The van der Waals surface area contributed by atoms with E-state index in [1.807, 2.05) is 61.5 Å². The standard InChI is InChI=1S/C25H25ClN2O2/c1-18-7-5-8-20(15-18)30-17-25-27-23-9-3-4-10-24(23)28(25)13-6-14-29-21-11-12-22(26)19(2)16-21/h3-5,7-12,15-16H,6,13-14,17H2,1-2H3. The average molecular weight is 421 g/mol. The van der Waals surface area contributed by atoms with Gasteiger partial charge in [-0.3, -0.25) is 0 Å². The molecule has 1 aromatic heterocycles. The number of aromatic nitrogens is 2. The number of aryl methyl sites for hydroxylation is 3. The van der Waals surface area contributed by atoms with E-state index in [0.29, 0.717) is 13.2 Å². The lowest BCUT2D eigenvalue weighted by Gasteiger charge is -2.12. The van der Waals surface area contributed by atoms with Gasteiger partial charge in [0.05, 0.1) is 17.6 Å². The number of fused-ring (bicyclic) bond motifs is 1. The molecule has 4 rings (SSSR count). The van der Waals surface area contributed by atoms with Gasteiger partial charge in [0.25, 0.3) is 0 Å². The van der Waals surface area contributed by atoms with Crippen LogP contribution in [0.1, 0.15) is 23.4 Å². The molecule has 4 aromatic rings. The molecular weight excluding hydrogens is 396 g/mol. The topological polar surface area (TPSA) is 36.3 Å². The number of imidazole rings is 1. The van der Waals surface area contributed by atoms with E-state index in [9.17, 15) is 0 Å². The van der Waals surface area contributed by atoms with Crippen LogP contribution in [0.5, 0.6) is 11.5 Å². The number of ether oxygens (including phenoxy) is 2. The first-order valence-electron chi connectivity index (χ1n) is 10.1. The molecule has 0 saturated carbocycles. The lowest BCUT2D eigenvalue weighted by molar-refractivity contribution is 0.280. The van der Waals surface area contributed by atoms with Gasteiger partial charge in [-0.25, -0.2) is 4.98 Å². The molecule has 0 bridgehead atoms. The molecule has 0 aliphatic heterocycles. The van der Waals surface area contributed by atoms with Crippen molar-refractivity contribution in [1.82, 2.24) is 9.55 Å². The Morgan fingerprint density at radius 1 is 0.900 bits per heavy atom. The van der Waals surface area contributed by atoms with E-state index in [1.54, 1.807) is 0 Å². The largest absolute Gasteiger partial charge is 0.494 e. The van der Waals surface area contributed by atoms with Gasteiger partial charge < -0.3 is 14.0 Å². The average Bonchev–Trinajstić information content (AvgIpc) is 3.10. The third-order valence-corrected chi connectivity index (χ3v) is 5.44. The highest BCUT2D eigenvalue weighted by atomic mass is 35.5. The van der Waals surface area contributed by atoms with E-state index in [-0.39, 0.29) is 0 Å². The summed E-state index contributed by atoms with van der Waals surface area (Å²) >= 11 is 6.09. The smallest absolute Gasteiger partial charge is 0.147 e. The number of hydrogen-bond donors (Lipinski definition) is 0. The summed E-state index contributed by atoms with van der Waals surface area (Å²) in [5.74, 6) is 2.62. The second kappa shape index (κ2) is 9.23. The molecule has 0 saturated heterocycles. The normalized spacial score (nSPS) is 11.0. The van der Waals surface area contributed by atoms with E-state index >= 15 is 0 Å². The van der Waals surface area contributed by atoms with E-state index in [4.69, 9.17) is 26.1 Å². The summed E-state index contributed by atoms with van der Waals surface area (Å²) in [6.07, 6.45) is 0.861. The second-order valence-electron chi connectivity index (χ2n) is 7.39. The molecule has 0 aliphatic carbocycles. The van der Waals surface area contributed by atoms with Crippen LogP contribution >= 0.6 is 11.6 Å². The van der Waals surface area contributed by atoms with E-state index in [2.05, 4.69) is 23.6 Å². The van der Waals surface area contributed by atoms with Crippen molar-refractivity contribution in [1.29, 1.82) is 0 Å². The zero-order valence-electron chi connectivity index (χ0n) is 17.3. The highest BCUT2D eigenvalue weighted by Crippen LogP contribution is 2.22. The SMILES string of the molecule is Cc1cccc(OCc2nc3ccccc3n2CCCOc2ccc(Cl)c(C)c2)c1. The molecule has 0 atom stereocenters. The number of hydrogen-bond acceptors (Lipinski definition) is 3. The van der Waals surface area contributed by atoms with Crippen LogP contribution in [-0.4, -0.2) is 16.2 Å². The van der Waals surface area contributed by atoms with Crippen LogP contribution in [0.3, 0.4) is 0 Å². The molecule has 0 amide bonds. The van der Waals surface area contributed by atoms with Crippen LogP contribution in [-0.2, 0) is 13.2 Å². The van der Waals surface area contributed by atoms with E-state index in [1.165, 1.54) is 5.56 Å². The van der Waals surface area contributed by atoms with Crippen molar-refractivity contribution in [2.24, 2.45) is 0 Å². The quantitative estimate of drug-likeness (QED) is 0.311. The molecule has 1 heterocycles. The van der Waals surface area contributed by atoms with Gasteiger partial charge in [-0.2, -0.15) is 0 Å². The lowest BCUT2D eigenvalue weighted by atomic mass is 10.2. The van der Waals surface area contributed by atoms with Crippen LogP contribution < -0.4 is 9.47 Å². The summed E-state index contributed by atoms with van der Waals surface area (Å²) in [5, 5.41) is 0.755. The lowest BCUT2D eigenvalue weighted by Crippen LogP contribution is -2.10. The van der Waals surface area contributed by atoms with Gasteiger partial charge >= 0.3 is 0 Å². The fourth-order valence-corrected chi connectivity index (χ4v) is 3.58. The molecule has 0 radical (unpaired) electrons. The molecule has 0 spiro atoms. The minimum Gasteiger partial charge on any atom is -0.494 e. The third kappa shape index (κ3) is 4.77. The second-order valence-corrected chi connectivity index (χ2v) is 7.79. The Kier molecular flexibility index (Phi) is 6.24. The summed E-state index contributed by atoms with van der Waals surface area (Å²) in [4.78, 5) is 4.79. The van der Waals surface area contributed by atoms with Crippen molar-refractivity contribution in [3.8, 4) is 11.5 Å². The van der Waals surface area contributed by atoms with Crippen molar-refractivity contribution in [3.63, 3.8) is 0 Å². The van der Waals surface area contributed by atoms with Crippen LogP contribution in [0.25, 0.3) is 11.0 Å². The van der Waals surface area contributed by atoms with Crippen LogP contribution in [0.4, 0.5) is 0 Å². The fourth-order valence-electron chi connectivity index (χ4n) is 3.46. The zero-order chi connectivity index (χ0) is 20.9. The van der Waals surface area contributed by atoms with Crippen LogP contribution in [0.2, 0.25) is 5.02 Å². The number of nitrogens with zero attached hydrogens (tertiary/aromatic N) is 2. The Bertz CT molecular complexity index is 1150. The molecule has 5 heteroatoms. The summed E-state index contributed by atoms with van der Waals surface area (Å²) in [5.41, 5.74) is 4.29. The molecule has 4 nitrogen and oxygen atoms in total. The summed E-state index contributed by atoms with van der Waals surface area (Å²) in [6, 6.07) is 22.0. The minimum absolute atomic E-state index is 0.426. The van der Waals surface area contributed by atoms with Crippen LogP contribution in [0, 0.1) is 13.8 Å². The van der Waals surface area contributed by atoms with Gasteiger partial charge in [-0.1, -0.05) is 35.9 Å². The van der Waals surface area contributed by atoms with Gasteiger partial charge in [0, 0.05) is 11.6 Å². The Morgan fingerprint density at radius 3 is 2.57 bits per heavy atom. The summed E-state index contributed by atoms with van der Waals surface area (Å²) in [7, 11) is 0. The molecule has 0 unspecified atom stereocenters. The van der Waals surface area contributed by atoms with Gasteiger partial charge in [-0.05, 0) is 73.9 Å². The van der Waals surface area contributed by atoms with Crippen molar-refractivity contribution in [3.05, 3.63) is 88.7 Å². The molecule has 154 valence electrons. The van der Waals surface area contributed by atoms with Gasteiger partial charge in [-0.15, -0.1) is 0 Å². The maximum Gasteiger partial charge on any atom is 0.147 e. The first-order chi connectivity index (χ1) is 14.6. The van der Waals surface area contributed by atoms with Gasteiger partial charge in [0.1, 0.15) is 23.9 Å². The Morgan fingerprint density at radius 2 is 1.73 bits per heavy atom. The van der Waals surface area contributed by atoms with Crippen molar-refractivity contribution < 1.29 is 9.47 Å². The van der Waals surface area contributed by atoms with Crippen LogP contribution in [0.15, 0.2) is 66.7 Å². The number of para-hydroxylation sites is 2. The predicted molar refractivity (Wildman–Crippen MR) is 122 cm³/mol. The maximum absolute atomic E-state index is 6.09. The molecule has 0 aliphatic rings. The van der Waals surface area contributed by atoms with Crippen molar-refractivity contribution >= 4 is 22.6 Å². The fraction of sp³-hybridized carbons (Fsp3) is 0.240. The zero-order valence-corrected chi connectivity index (χ0v) is 18.0. The number of benzene rings is 3. The monoisotopic (exact) mass is 420 g/mol. The maximum atomic E-state index is 6.09. The Hall–Kier alpha value is -2.98. The first kappa shape index (κ1) is 20.3. The summed E-state index contributed by atoms with van der Waals surface area (Å²) in [6.45, 7) is 5.89. The first-order valence-corrected chi connectivity index (χ1v) is 10.5. The number of rotatable bonds is 8. The third-order valence-electron chi connectivity index (χ3n) is 5.02. The minimum atomic E-state index is 0.426. The van der Waals surface area contributed by atoms with E-state index < -0.39 is 0 Å². The van der Waals surface area contributed by atoms with E-state index in [0.717, 1.165) is 51.9 Å². The van der Waals surface area contributed by atoms with Crippen molar-refractivity contribution in [2.75, 3.05) is 6.61 Å². The number of halogens is 1. The Balaban J connectivity index is 1.44. The predicted octanol–water partition coefficient (Wildman–Crippen LogP) is 6.35. The van der Waals surface area contributed by atoms with Gasteiger partial charge in [0.15, 0.2) is 0 Å². The van der Waals surface area contributed by atoms with Crippen molar-refractivity contribution in [2.45, 2.75) is 33.4 Å². The molecular formula is C25H25ClN2O2. The molecule has 30 heavy (non-hydrogen) atoms. The highest BCUT2D eigenvalue weighted by molar-refractivity contribution is 6.31. The van der Waals surface area contributed by atoms with Gasteiger partial charge in [0.2, 0.25) is 0 Å². The molecule has 0 N–H and O–H groups in total. The molecule has 0 fully saturated rings. The summed E-state index contributed by atoms with van der Waals surface area (Å²) < 4.78 is 14.2. The highest BCUT2D eigenvalue weighted by Gasteiger charge is 2.11. The Labute approximate surface area is 182 Å². The molecule has 3 aromatic carbocycles.